The van der Waals surface area contributed by atoms with Gasteiger partial charge in [0.05, 0.1) is 25.2 Å². The number of carbonyl (C=O) groups excluding carboxylic acids is 2. The molecule has 0 atom stereocenters. The molecule has 4 nitrogen and oxygen atoms in total. The van der Waals surface area contributed by atoms with Gasteiger partial charge in [0.25, 0.3) is 0 Å². The normalized spacial score (nSPS) is 9.47. The largest absolute Gasteiger partial charge is 0.469 e. The molecule has 0 aliphatic rings. The maximum absolute atomic E-state index is 11.3. The highest BCUT2D eigenvalue weighted by Gasteiger charge is 2.12. The van der Waals surface area contributed by atoms with E-state index in [0.29, 0.717) is 29.4 Å². The molecule has 1 aromatic carbocycles. The molecule has 1 aromatic rings. The van der Waals surface area contributed by atoms with E-state index in [0.717, 1.165) is 5.56 Å². The minimum Gasteiger partial charge on any atom is -0.469 e. The van der Waals surface area contributed by atoms with E-state index < -0.39 is 0 Å². The van der Waals surface area contributed by atoms with Crippen molar-refractivity contribution >= 4 is 12.3 Å². The van der Waals surface area contributed by atoms with Crippen LogP contribution in [0.15, 0.2) is 12.1 Å². The van der Waals surface area contributed by atoms with E-state index in [4.69, 9.17) is 5.26 Å². The topological polar surface area (TPSA) is 67.2 Å². The zero-order valence-corrected chi connectivity index (χ0v) is 9.82. The summed E-state index contributed by atoms with van der Waals surface area (Å²) in [6, 6.07) is 5.14. The maximum Gasteiger partial charge on any atom is 0.309 e. The second-order valence-corrected chi connectivity index (χ2v) is 3.54. The summed E-state index contributed by atoms with van der Waals surface area (Å²) in [5.41, 5.74) is 2.32. The predicted molar refractivity (Wildman–Crippen MR) is 61.6 cm³/mol. The molecule has 0 radical (unpaired) electrons. The van der Waals surface area contributed by atoms with Crippen LogP contribution in [0.2, 0.25) is 0 Å². The zero-order chi connectivity index (χ0) is 12.8. The van der Waals surface area contributed by atoms with Gasteiger partial charge in [-0.1, -0.05) is 6.92 Å². The van der Waals surface area contributed by atoms with Crippen LogP contribution in [0.5, 0.6) is 0 Å². The minimum absolute atomic E-state index is 0.0794. The van der Waals surface area contributed by atoms with Crippen molar-refractivity contribution in [1.29, 1.82) is 5.26 Å². The van der Waals surface area contributed by atoms with Crippen LogP contribution in [0.4, 0.5) is 0 Å². The fraction of sp³-hybridized carbons (Fsp3) is 0.308. The van der Waals surface area contributed by atoms with Crippen LogP contribution in [0.3, 0.4) is 0 Å². The number of aldehydes is 1. The first-order valence-corrected chi connectivity index (χ1v) is 5.24. The molecule has 4 heteroatoms. The predicted octanol–water partition coefficient (Wildman–Crippen LogP) is 1.65. The van der Waals surface area contributed by atoms with Crippen molar-refractivity contribution < 1.29 is 14.3 Å². The van der Waals surface area contributed by atoms with Gasteiger partial charge in [-0.3, -0.25) is 9.59 Å². The lowest BCUT2D eigenvalue weighted by molar-refractivity contribution is -0.139. The molecule has 0 fully saturated rings. The maximum atomic E-state index is 11.3. The highest BCUT2D eigenvalue weighted by molar-refractivity contribution is 5.81. The molecule has 17 heavy (non-hydrogen) atoms. The third-order valence-corrected chi connectivity index (χ3v) is 2.55. The van der Waals surface area contributed by atoms with Crippen molar-refractivity contribution in [3.63, 3.8) is 0 Å². The van der Waals surface area contributed by atoms with E-state index in [1.54, 1.807) is 6.07 Å². The van der Waals surface area contributed by atoms with Crippen molar-refractivity contribution in [2.45, 2.75) is 19.8 Å². The van der Waals surface area contributed by atoms with E-state index >= 15 is 0 Å². The first-order valence-electron chi connectivity index (χ1n) is 5.24. The van der Waals surface area contributed by atoms with Crippen molar-refractivity contribution in [3.05, 3.63) is 34.4 Å². The number of nitrogens with zero attached hydrogens (tertiary/aromatic N) is 1. The lowest BCUT2D eigenvalue weighted by Gasteiger charge is -2.10. The highest BCUT2D eigenvalue weighted by atomic mass is 16.5. The standard InChI is InChI=1S/C13H13NO3/c1-3-12-10(6-13(16)17-2)4-9(7-14)5-11(12)8-15/h4-5,8H,3,6H2,1-2H3. The third kappa shape index (κ3) is 2.91. The molecule has 0 aliphatic heterocycles. The molecule has 0 bridgehead atoms. The molecule has 0 aliphatic carbocycles. The number of hydrogen-bond donors (Lipinski definition) is 0. The van der Waals surface area contributed by atoms with Gasteiger partial charge in [-0.05, 0) is 29.7 Å². The Labute approximate surface area is 99.8 Å². The summed E-state index contributed by atoms with van der Waals surface area (Å²) in [4.78, 5) is 22.2. The summed E-state index contributed by atoms with van der Waals surface area (Å²) in [5, 5.41) is 8.85. The Morgan fingerprint density at radius 1 is 1.53 bits per heavy atom. The van der Waals surface area contributed by atoms with Crippen LogP contribution >= 0.6 is 0 Å². The molecule has 0 amide bonds. The van der Waals surface area contributed by atoms with Gasteiger partial charge in [0.15, 0.2) is 0 Å². The molecular formula is C13H13NO3. The van der Waals surface area contributed by atoms with Gasteiger partial charge in [-0.2, -0.15) is 5.26 Å². The molecule has 1 rings (SSSR count). The molecule has 88 valence electrons. The van der Waals surface area contributed by atoms with Gasteiger partial charge >= 0.3 is 5.97 Å². The lowest BCUT2D eigenvalue weighted by Crippen LogP contribution is -2.09. The average Bonchev–Trinajstić information content (AvgIpc) is 2.37. The molecule has 0 saturated carbocycles. The molecule has 0 heterocycles. The monoisotopic (exact) mass is 231 g/mol. The van der Waals surface area contributed by atoms with Crippen molar-refractivity contribution in [2.75, 3.05) is 7.11 Å². The minimum atomic E-state index is -0.383. The van der Waals surface area contributed by atoms with Crippen molar-refractivity contribution in [1.82, 2.24) is 0 Å². The van der Waals surface area contributed by atoms with Gasteiger partial charge in [-0.15, -0.1) is 0 Å². The van der Waals surface area contributed by atoms with E-state index in [1.165, 1.54) is 13.2 Å². The Morgan fingerprint density at radius 2 is 2.24 bits per heavy atom. The van der Waals surface area contributed by atoms with Crippen LogP contribution in [-0.4, -0.2) is 19.4 Å². The SMILES string of the molecule is CCc1c(C=O)cc(C#N)cc1CC(=O)OC. The Bertz CT molecular complexity index is 486. The smallest absolute Gasteiger partial charge is 0.309 e. The molecule has 0 N–H and O–H groups in total. The number of benzene rings is 1. The third-order valence-electron chi connectivity index (χ3n) is 2.55. The second kappa shape index (κ2) is 5.80. The first kappa shape index (κ1) is 12.9. The van der Waals surface area contributed by atoms with E-state index in [2.05, 4.69) is 4.74 Å². The molecule has 0 saturated heterocycles. The Morgan fingerprint density at radius 3 is 2.71 bits per heavy atom. The summed E-state index contributed by atoms with van der Waals surface area (Å²) in [7, 11) is 1.31. The number of nitriles is 1. The van der Waals surface area contributed by atoms with Crippen LogP contribution < -0.4 is 0 Å². The van der Waals surface area contributed by atoms with Gasteiger partial charge in [0, 0.05) is 5.56 Å². The molecule has 0 aromatic heterocycles. The molecule has 0 spiro atoms. The summed E-state index contributed by atoms with van der Waals surface area (Å²) in [6.07, 6.45) is 1.42. The highest BCUT2D eigenvalue weighted by Crippen LogP contribution is 2.18. The molecule has 0 unspecified atom stereocenters. The van der Waals surface area contributed by atoms with Crippen LogP contribution in [-0.2, 0) is 22.4 Å². The summed E-state index contributed by atoms with van der Waals surface area (Å²) in [5.74, 6) is -0.383. The number of methoxy groups -OCH3 is 1. The summed E-state index contributed by atoms with van der Waals surface area (Å²) < 4.78 is 4.59. The van der Waals surface area contributed by atoms with Crippen LogP contribution in [0.25, 0.3) is 0 Å². The second-order valence-electron chi connectivity index (χ2n) is 3.54. The Hall–Kier alpha value is -2.15. The van der Waals surface area contributed by atoms with Gasteiger partial charge in [-0.25, -0.2) is 0 Å². The van der Waals surface area contributed by atoms with Crippen molar-refractivity contribution in [3.8, 4) is 6.07 Å². The lowest BCUT2D eigenvalue weighted by atomic mass is 9.95. The van der Waals surface area contributed by atoms with Gasteiger partial charge < -0.3 is 4.74 Å². The zero-order valence-electron chi connectivity index (χ0n) is 9.82. The number of carbonyl (C=O) groups is 2. The number of ether oxygens (including phenoxy) is 1. The molecular weight excluding hydrogens is 218 g/mol. The number of esters is 1. The van der Waals surface area contributed by atoms with Crippen LogP contribution in [0, 0.1) is 11.3 Å². The average molecular weight is 231 g/mol. The summed E-state index contributed by atoms with van der Waals surface area (Å²) in [6.45, 7) is 1.90. The quantitative estimate of drug-likeness (QED) is 0.583. The van der Waals surface area contributed by atoms with E-state index in [-0.39, 0.29) is 12.4 Å². The van der Waals surface area contributed by atoms with E-state index in [9.17, 15) is 9.59 Å². The first-order chi connectivity index (χ1) is 8.15. The Balaban J connectivity index is 3.30. The fourth-order valence-corrected chi connectivity index (χ4v) is 1.74. The number of rotatable bonds is 4. The number of hydrogen-bond acceptors (Lipinski definition) is 4. The van der Waals surface area contributed by atoms with Gasteiger partial charge in [0.2, 0.25) is 0 Å². The van der Waals surface area contributed by atoms with E-state index in [1.807, 2.05) is 13.0 Å². The van der Waals surface area contributed by atoms with Gasteiger partial charge in [0.1, 0.15) is 6.29 Å². The van der Waals surface area contributed by atoms with Crippen LogP contribution in [0.1, 0.15) is 34.0 Å². The van der Waals surface area contributed by atoms with Crippen molar-refractivity contribution in [2.24, 2.45) is 0 Å². The Kier molecular flexibility index (Phi) is 4.41. The fourth-order valence-electron chi connectivity index (χ4n) is 1.74. The summed E-state index contributed by atoms with van der Waals surface area (Å²) >= 11 is 0.